The summed E-state index contributed by atoms with van der Waals surface area (Å²) in [6, 6.07) is 0. The van der Waals surface area contributed by atoms with Gasteiger partial charge in [0.05, 0.1) is 10.3 Å². The Bertz CT molecular complexity index is 812. The van der Waals surface area contributed by atoms with Crippen LogP contribution in [0.2, 0.25) is 0 Å². The molecule has 0 radical (unpaired) electrons. The van der Waals surface area contributed by atoms with Gasteiger partial charge in [0.2, 0.25) is 6.41 Å². The van der Waals surface area contributed by atoms with Crippen molar-refractivity contribution in [2.45, 2.75) is 18.1 Å². The summed E-state index contributed by atoms with van der Waals surface area (Å²) in [7, 11) is -3.97. The quantitative estimate of drug-likeness (QED) is 0.754. The Kier molecular flexibility index (Phi) is 2.23. The second-order valence-corrected chi connectivity index (χ2v) is 8.35. The van der Waals surface area contributed by atoms with Gasteiger partial charge in [-0.25, -0.2) is 0 Å². The molecule has 2 aromatic heterocycles. The van der Waals surface area contributed by atoms with Gasteiger partial charge in [0.25, 0.3) is 15.9 Å². The maximum Gasteiger partial charge on any atom is 0.283 e. The van der Waals surface area contributed by atoms with Crippen LogP contribution < -0.4 is 0 Å². The minimum Gasteiger partial charge on any atom is -0.277 e. The first kappa shape index (κ1) is 11.8. The summed E-state index contributed by atoms with van der Waals surface area (Å²) in [6.07, 6.45) is 0.0603. The molecule has 1 aliphatic heterocycles. The smallest absolute Gasteiger partial charge is 0.277 e. The monoisotopic (exact) mass is 301 g/mol. The van der Waals surface area contributed by atoms with Crippen molar-refractivity contribution < 1.29 is 18.0 Å². The zero-order valence-electron chi connectivity index (χ0n) is 9.38. The molecule has 0 aromatic carbocycles. The molecule has 18 heavy (non-hydrogen) atoms. The van der Waals surface area contributed by atoms with E-state index in [0.717, 1.165) is 25.8 Å². The number of hydrogen-bond donors (Lipinski definition) is 0. The van der Waals surface area contributed by atoms with E-state index in [0.29, 0.717) is 5.39 Å². The minimum atomic E-state index is -3.97. The third-order valence-corrected chi connectivity index (χ3v) is 7.44. The number of carbonyl (C=O) groups excluding carboxylic acids is 2. The number of fused-ring (bicyclic) bond motifs is 3. The summed E-state index contributed by atoms with van der Waals surface area (Å²) in [4.78, 5) is 24.7. The van der Waals surface area contributed by atoms with Crippen LogP contribution in [0.3, 0.4) is 0 Å². The van der Waals surface area contributed by atoms with Crippen molar-refractivity contribution >= 4 is 55.1 Å². The van der Waals surface area contributed by atoms with Crippen LogP contribution in [0.1, 0.15) is 20.1 Å². The number of aryl methyl sites for hydroxylation is 2. The molecule has 3 heterocycles. The molecule has 2 amide bonds. The number of imide groups is 1. The summed E-state index contributed by atoms with van der Waals surface area (Å²) in [5, 5.41) is 0.676. The Labute approximate surface area is 111 Å². The number of hydrogen-bond acceptors (Lipinski definition) is 6. The van der Waals surface area contributed by atoms with E-state index in [1.165, 1.54) is 11.3 Å². The molecular formula is C10H7NO4S3. The lowest BCUT2D eigenvalue weighted by atomic mass is 10.2. The molecule has 1 aliphatic rings. The molecule has 0 saturated heterocycles. The molecule has 2 aromatic rings. The fraction of sp³-hybridized carbons (Fsp3) is 0.200. The van der Waals surface area contributed by atoms with Gasteiger partial charge in [-0.3, -0.25) is 9.59 Å². The first-order valence-corrected chi connectivity index (χ1v) is 8.03. The number of amides is 2. The highest BCUT2D eigenvalue weighted by Gasteiger charge is 2.45. The van der Waals surface area contributed by atoms with Crippen LogP contribution in [0.25, 0.3) is 10.1 Å². The number of rotatable bonds is 1. The summed E-state index contributed by atoms with van der Waals surface area (Å²) < 4.78 is 25.1. The van der Waals surface area contributed by atoms with Crippen LogP contribution in [0.15, 0.2) is 4.21 Å². The molecule has 3 rings (SSSR count). The Morgan fingerprint density at radius 3 is 2.44 bits per heavy atom. The van der Waals surface area contributed by atoms with E-state index in [-0.39, 0.29) is 20.5 Å². The van der Waals surface area contributed by atoms with Crippen LogP contribution in [-0.2, 0) is 14.8 Å². The molecule has 94 valence electrons. The fourth-order valence-corrected chi connectivity index (χ4v) is 6.32. The molecule has 0 bridgehead atoms. The van der Waals surface area contributed by atoms with Gasteiger partial charge in [-0.2, -0.15) is 12.7 Å². The van der Waals surface area contributed by atoms with E-state index in [1.54, 1.807) is 0 Å². The largest absolute Gasteiger partial charge is 0.283 e. The molecule has 0 unspecified atom stereocenters. The van der Waals surface area contributed by atoms with Crippen molar-refractivity contribution in [1.82, 2.24) is 4.31 Å². The summed E-state index contributed by atoms with van der Waals surface area (Å²) in [5.41, 5.74) is 0.156. The van der Waals surface area contributed by atoms with Crippen LogP contribution in [0, 0.1) is 13.8 Å². The normalized spacial score (nSPS) is 17.4. The van der Waals surface area contributed by atoms with Gasteiger partial charge < -0.3 is 0 Å². The third-order valence-electron chi connectivity index (χ3n) is 2.86. The molecule has 8 heteroatoms. The molecule has 0 saturated carbocycles. The van der Waals surface area contributed by atoms with E-state index in [1.807, 2.05) is 13.8 Å². The van der Waals surface area contributed by atoms with E-state index >= 15 is 0 Å². The van der Waals surface area contributed by atoms with Gasteiger partial charge in [-0.15, -0.1) is 22.7 Å². The molecule has 0 N–H and O–H groups in total. The Morgan fingerprint density at radius 2 is 1.83 bits per heavy atom. The Morgan fingerprint density at radius 1 is 1.17 bits per heavy atom. The first-order valence-electron chi connectivity index (χ1n) is 4.96. The van der Waals surface area contributed by atoms with Crippen molar-refractivity contribution in [1.29, 1.82) is 0 Å². The molecule has 0 spiro atoms. The van der Waals surface area contributed by atoms with E-state index in [2.05, 4.69) is 0 Å². The van der Waals surface area contributed by atoms with Gasteiger partial charge in [-0.1, -0.05) is 0 Å². The number of sulfonamides is 1. The maximum atomic E-state index is 12.0. The van der Waals surface area contributed by atoms with Crippen molar-refractivity contribution in [3.8, 4) is 0 Å². The predicted octanol–water partition coefficient (Wildman–Crippen LogP) is 1.88. The zero-order chi connectivity index (χ0) is 13.2. The van der Waals surface area contributed by atoms with Gasteiger partial charge >= 0.3 is 0 Å². The summed E-state index contributed by atoms with van der Waals surface area (Å²) >= 11 is 2.59. The Hall–Kier alpha value is -1.25. The molecular weight excluding hydrogens is 294 g/mol. The van der Waals surface area contributed by atoms with Crippen molar-refractivity contribution in [2.75, 3.05) is 0 Å². The predicted molar refractivity (Wildman–Crippen MR) is 68.6 cm³/mol. The number of carbonyl (C=O) groups is 2. The number of nitrogens with zero attached hydrogens (tertiary/aromatic N) is 1. The summed E-state index contributed by atoms with van der Waals surface area (Å²) in [5.74, 6) is -0.743. The standard InChI is InChI=1S/C10H7NO4S3/c1-4-6-7-9(13)11(3-12)18(14,15)10(7)17-8(6)5(2)16-4/h3H,1-2H3. The van der Waals surface area contributed by atoms with E-state index in [4.69, 9.17) is 0 Å². The minimum absolute atomic E-state index is 0.0106. The van der Waals surface area contributed by atoms with E-state index in [9.17, 15) is 18.0 Å². The molecule has 0 aliphatic carbocycles. The van der Waals surface area contributed by atoms with Crippen LogP contribution >= 0.6 is 22.7 Å². The zero-order valence-corrected chi connectivity index (χ0v) is 11.8. The Balaban J connectivity index is 2.50. The molecule has 0 fully saturated rings. The average molecular weight is 301 g/mol. The van der Waals surface area contributed by atoms with E-state index < -0.39 is 15.9 Å². The van der Waals surface area contributed by atoms with Gasteiger partial charge in [0.15, 0.2) is 4.21 Å². The van der Waals surface area contributed by atoms with Crippen molar-refractivity contribution in [3.05, 3.63) is 15.3 Å². The highest BCUT2D eigenvalue weighted by Crippen LogP contribution is 2.46. The molecule has 0 atom stereocenters. The number of thiophene rings is 2. The highest BCUT2D eigenvalue weighted by molar-refractivity contribution is 7.93. The third kappa shape index (κ3) is 1.17. The van der Waals surface area contributed by atoms with Crippen LogP contribution in [-0.4, -0.2) is 25.0 Å². The SMILES string of the molecule is Cc1sc(C)c2c3c(sc12)S(=O)(=O)N(C=O)C3=O. The first-order chi connectivity index (χ1) is 8.39. The average Bonchev–Trinajstić information content (AvgIpc) is 2.84. The fourth-order valence-electron chi connectivity index (χ4n) is 2.11. The van der Waals surface area contributed by atoms with Gasteiger partial charge in [0, 0.05) is 15.1 Å². The second kappa shape index (κ2) is 3.40. The van der Waals surface area contributed by atoms with Crippen molar-refractivity contribution in [2.24, 2.45) is 0 Å². The lowest BCUT2D eigenvalue weighted by Crippen LogP contribution is -2.28. The van der Waals surface area contributed by atoms with Gasteiger partial charge in [0.1, 0.15) is 0 Å². The molecule has 5 nitrogen and oxygen atoms in total. The highest BCUT2D eigenvalue weighted by atomic mass is 32.2. The topological polar surface area (TPSA) is 71.5 Å². The van der Waals surface area contributed by atoms with Crippen LogP contribution in [0.4, 0.5) is 0 Å². The van der Waals surface area contributed by atoms with Crippen molar-refractivity contribution in [3.63, 3.8) is 0 Å². The lowest BCUT2D eigenvalue weighted by Gasteiger charge is -2.04. The summed E-state index contributed by atoms with van der Waals surface area (Å²) in [6.45, 7) is 3.73. The van der Waals surface area contributed by atoms with Gasteiger partial charge in [-0.05, 0) is 13.8 Å². The second-order valence-electron chi connectivity index (χ2n) is 3.89. The lowest BCUT2D eigenvalue weighted by molar-refractivity contribution is -0.112. The maximum absolute atomic E-state index is 12.0. The van der Waals surface area contributed by atoms with Crippen LogP contribution in [0.5, 0.6) is 0 Å².